The number of fused-ring (bicyclic) bond motifs is 5. The largest absolute Gasteiger partial charge is 0.493 e. The smallest absolute Gasteiger partial charge is 0.291 e. The molecule has 222 valence electrons. The molecule has 0 unspecified atom stereocenters. The van der Waals surface area contributed by atoms with Gasteiger partial charge in [-0.05, 0) is 48.7 Å². The Hall–Kier alpha value is -4.61. The number of ether oxygens (including phenoxy) is 3. The SMILES string of the molecule is COc1ccc2cc1OCC(=O)N[C@@H]1CN(C(=O)c3oc(C)nc3C)CC[C@H]1Oc1cc(F)cc(c1)CNC(=O)CC2. The van der Waals surface area contributed by atoms with E-state index < -0.39 is 23.9 Å². The second-order valence-electron chi connectivity index (χ2n) is 10.4. The summed E-state index contributed by atoms with van der Waals surface area (Å²) in [4.78, 5) is 44.7. The van der Waals surface area contributed by atoms with Crippen LogP contribution in [0.1, 0.15) is 46.1 Å². The zero-order chi connectivity index (χ0) is 29.8. The second-order valence-corrected chi connectivity index (χ2v) is 10.4. The fourth-order valence-corrected chi connectivity index (χ4v) is 5.16. The number of likely N-dealkylation sites (tertiary alicyclic amines) is 1. The lowest BCUT2D eigenvalue weighted by Gasteiger charge is -2.38. The van der Waals surface area contributed by atoms with Gasteiger partial charge in [-0.15, -0.1) is 0 Å². The molecule has 0 spiro atoms. The number of carbonyl (C=O) groups excluding carboxylic acids is 3. The van der Waals surface area contributed by atoms with Crippen molar-refractivity contribution < 1.29 is 37.4 Å². The average molecular weight is 581 g/mol. The third kappa shape index (κ3) is 6.81. The Balaban J connectivity index is 1.42. The zero-order valence-electron chi connectivity index (χ0n) is 23.7. The Labute approximate surface area is 242 Å². The minimum atomic E-state index is -0.651. The fraction of sp³-hybridized carbons (Fsp3) is 0.400. The Bertz CT molecular complexity index is 1490. The summed E-state index contributed by atoms with van der Waals surface area (Å²) < 4.78 is 37.5. The number of oxazole rings is 1. The molecular weight excluding hydrogens is 547 g/mol. The summed E-state index contributed by atoms with van der Waals surface area (Å²) in [6, 6.07) is 8.86. The van der Waals surface area contributed by atoms with E-state index in [2.05, 4.69) is 15.6 Å². The quantitative estimate of drug-likeness (QED) is 0.473. The monoisotopic (exact) mass is 580 g/mol. The van der Waals surface area contributed by atoms with Crippen molar-refractivity contribution in [2.75, 3.05) is 26.8 Å². The number of benzene rings is 2. The van der Waals surface area contributed by atoms with Crippen LogP contribution in [0.25, 0.3) is 0 Å². The highest BCUT2D eigenvalue weighted by molar-refractivity contribution is 5.92. The molecule has 2 N–H and O–H groups in total. The van der Waals surface area contributed by atoms with Gasteiger partial charge in [0, 0.05) is 45.5 Å². The number of rotatable bonds is 2. The van der Waals surface area contributed by atoms with Crippen LogP contribution < -0.4 is 24.8 Å². The number of carbonyl (C=O) groups is 3. The molecule has 0 aliphatic carbocycles. The van der Waals surface area contributed by atoms with E-state index in [4.69, 9.17) is 18.6 Å². The first-order valence-corrected chi connectivity index (χ1v) is 13.7. The highest BCUT2D eigenvalue weighted by Crippen LogP contribution is 2.29. The van der Waals surface area contributed by atoms with Gasteiger partial charge in [0.25, 0.3) is 11.8 Å². The number of aryl methyl sites for hydroxylation is 3. The first-order valence-electron chi connectivity index (χ1n) is 13.7. The second kappa shape index (κ2) is 12.5. The first-order chi connectivity index (χ1) is 20.2. The minimum Gasteiger partial charge on any atom is -0.493 e. The van der Waals surface area contributed by atoms with E-state index in [0.717, 1.165) is 5.56 Å². The Morgan fingerprint density at radius 1 is 1.10 bits per heavy atom. The lowest BCUT2D eigenvalue weighted by molar-refractivity contribution is -0.125. The van der Waals surface area contributed by atoms with Crippen molar-refractivity contribution >= 4 is 17.7 Å². The summed E-state index contributed by atoms with van der Waals surface area (Å²) in [5.41, 5.74) is 1.83. The maximum absolute atomic E-state index is 14.5. The molecule has 5 rings (SSSR count). The van der Waals surface area contributed by atoms with Gasteiger partial charge < -0.3 is 34.2 Å². The van der Waals surface area contributed by atoms with Crippen LogP contribution in [-0.4, -0.2) is 66.6 Å². The van der Waals surface area contributed by atoms with Gasteiger partial charge in [-0.1, -0.05) is 6.07 Å². The molecule has 0 saturated carbocycles. The van der Waals surface area contributed by atoms with Gasteiger partial charge in [0.05, 0.1) is 18.8 Å². The van der Waals surface area contributed by atoms with E-state index >= 15 is 0 Å². The topological polar surface area (TPSA) is 132 Å². The Morgan fingerprint density at radius 2 is 1.93 bits per heavy atom. The maximum Gasteiger partial charge on any atom is 0.291 e. The zero-order valence-corrected chi connectivity index (χ0v) is 23.7. The van der Waals surface area contributed by atoms with E-state index in [-0.39, 0.29) is 49.4 Å². The van der Waals surface area contributed by atoms with Crippen molar-refractivity contribution in [3.05, 3.63) is 70.7 Å². The third-order valence-electron chi connectivity index (χ3n) is 7.22. The van der Waals surface area contributed by atoms with Crippen LogP contribution in [0, 0.1) is 19.7 Å². The van der Waals surface area contributed by atoms with Gasteiger partial charge in [0.2, 0.25) is 11.7 Å². The summed E-state index contributed by atoms with van der Waals surface area (Å²) in [5, 5.41) is 5.76. The molecule has 12 heteroatoms. The predicted molar refractivity (Wildman–Crippen MR) is 148 cm³/mol. The van der Waals surface area contributed by atoms with Crippen molar-refractivity contribution in [1.29, 1.82) is 0 Å². The molecule has 2 aliphatic rings. The van der Waals surface area contributed by atoms with E-state index in [9.17, 15) is 18.8 Å². The van der Waals surface area contributed by atoms with Crippen LogP contribution in [-0.2, 0) is 22.6 Å². The molecular formula is C30H33FN4O7. The number of aromatic nitrogens is 1. The van der Waals surface area contributed by atoms with Crippen molar-refractivity contribution in [2.24, 2.45) is 0 Å². The van der Waals surface area contributed by atoms with Crippen LogP contribution in [0.15, 0.2) is 40.8 Å². The number of amides is 3. The van der Waals surface area contributed by atoms with Crippen LogP contribution in [0.2, 0.25) is 0 Å². The molecule has 2 aliphatic heterocycles. The highest BCUT2D eigenvalue weighted by Gasteiger charge is 2.36. The molecule has 3 heterocycles. The van der Waals surface area contributed by atoms with Crippen molar-refractivity contribution in [3.8, 4) is 17.2 Å². The van der Waals surface area contributed by atoms with Crippen LogP contribution in [0.4, 0.5) is 4.39 Å². The van der Waals surface area contributed by atoms with Crippen molar-refractivity contribution in [3.63, 3.8) is 0 Å². The summed E-state index contributed by atoms with van der Waals surface area (Å²) in [5.74, 6) is 0.0792. The normalized spacial score (nSPS) is 19.7. The van der Waals surface area contributed by atoms with Gasteiger partial charge in [-0.2, -0.15) is 0 Å². The van der Waals surface area contributed by atoms with E-state index in [1.807, 2.05) is 6.07 Å². The lowest BCUT2D eigenvalue weighted by atomic mass is 10.0. The molecule has 1 saturated heterocycles. The number of piperidine rings is 1. The molecule has 4 bridgehead atoms. The number of nitrogens with one attached hydrogen (secondary N) is 2. The molecule has 0 radical (unpaired) electrons. The van der Waals surface area contributed by atoms with E-state index in [1.54, 1.807) is 36.9 Å². The number of methoxy groups -OCH3 is 1. The number of halogens is 1. The van der Waals surface area contributed by atoms with Crippen LogP contribution in [0.3, 0.4) is 0 Å². The van der Waals surface area contributed by atoms with Gasteiger partial charge >= 0.3 is 0 Å². The average Bonchev–Trinajstić information content (AvgIpc) is 3.31. The minimum absolute atomic E-state index is 0.117. The molecule has 1 fully saturated rings. The van der Waals surface area contributed by atoms with Gasteiger partial charge in [0.15, 0.2) is 24.0 Å². The first kappa shape index (κ1) is 28.9. The molecule has 1 aromatic heterocycles. The van der Waals surface area contributed by atoms with Crippen molar-refractivity contribution in [1.82, 2.24) is 20.5 Å². The predicted octanol–water partition coefficient (Wildman–Crippen LogP) is 2.86. The Kier molecular flexibility index (Phi) is 8.60. The molecule has 11 nitrogen and oxygen atoms in total. The van der Waals surface area contributed by atoms with Gasteiger partial charge in [-0.25, -0.2) is 9.37 Å². The summed E-state index contributed by atoms with van der Waals surface area (Å²) in [6.45, 7) is 3.58. The third-order valence-corrected chi connectivity index (χ3v) is 7.22. The van der Waals surface area contributed by atoms with Crippen LogP contribution >= 0.6 is 0 Å². The molecule has 2 aromatic carbocycles. The van der Waals surface area contributed by atoms with Crippen molar-refractivity contribution in [2.45, 2.75) is 51.8 Å². The standard InChI is InChI=1S/C30H33FN4O7/c1-17-29(41-18(2)33-17)30(38)35-9-8-24-23(15-35)34-28(37)16-40-26-12-19(4-6-25(26)39-3)5-7-27(36)32-14-20-10-21(31)13-22(11-20)42-24/h4,6,10-13,23-24H,5,7-9,14-16H2,1-3H3,(H,32,36)(H,34,37)/t23-,24-/m1/s1. The lowest BCUT2D eigenvalue weighted by Crippen LogP contribution is -2.58. The fourth-order valence-electron chi connectivity index (χ4n) is 5.16. The molecule has 2 atom stereocenters. The maximum atomic E-state index is 14.5. The summed E-state index contributed by atoms with van der Waals surface area (Å²) in [7, 11) is 1.50. The molecule has 3 amide bonds. The highest BCUT2D eigenvalue weighted by atomic mass is 19.1. The molecule has 3 aromatic rings. The summed E-state index contributed by atoms with van der Waals surface area (Å²) >= 11 is 0. The molecule has 42 heavy (non-hydrogen) atoms. The summed E-state index contributed by atoms with van der Waals surface area (Å²) in [6.07, 6.45) is 0.393. The van der Waals surface area contributed by atoms with E-state index in [1.165, 1.54) is 19.2 Å². The van der Waals surface area contributed by atoms with Gasteiger partial charge in [-0.3, -0.25) is 14.4 Å². The van der Waals surface area contributed by atoms with E-state index in [0.29, 0.717) is 48.0 Å². The van der Waals surface area contributed by atoms with Crippen LogP contribution in [0.5, 0.6) is 17.2 Å². The number of hydrogen-bond donors (Lipinski definition) is 2. The number of nitrogens with zero attached hydrogens (tertiary/aromatic N) is 2. The van der Waals surface area contributed by atoms with Gasteiger partial charge in [0.1, 0.15) is 17.7 Å². The Morgan fingerprint density at radius 3 is 2.69 bits per heavy atom. The number of hydrogen-bond acceptors (Lipinski definition) is 8.